The molecule has 1 unspecified atom stereocenters. The van der Waals surface area contributed by atoms with Gasteiger partial charge in [0.2, 0.25) is 0 Å². The van der Waals surface area contributed by atoms with Gasteiger partial charge < -0.3 is 5.73 Å². The molecule has 0 aromatic heterocycles. The van der Waals surface area contributed by atoms with E-state index in [1.54, 1.807) is 0 Å². The van der Waals surface area contributed by atoms with Crippen LogP contribution in [0.1, 0.15) is 18.1 Å². The van der Waals surface area contributed by atoms with Crippen LogP contribution in [0.15, 0.2) is 48.5 Å². The maximum atomic E-state index is 13.6. The molecular weight excluding hydrogens is 232 g/mol. The van der Waals surface area contributed by atoms with E-state index in [9.17, 15) is 8.78 Å². The number of nitrogens with two attached hydrogens (primary N) is 1. The quantitative estimate of drug-likeness (QED) is 0.884. The smallest absolute Gasteiger partial charge is 0.126 e. The largest absolute Gasteiger partial charge is 0.321 e. The fourth-order valence-corrected chi connectivity index (χ4v) is 2.00. The third-order valence-corrected chi connectivity index (χ3v) is 3.00. The molecule has 0 aliphatic carbocycles. The van der Waals surface area contributed by atoms with Crippen molar-refractivity contribution < 1.29 is 8.78 Å². The highest BCUT2D eigenvalue weighted by Crippen LogP contribution is 2.24. The predicted octanol–water partition coefficient (Wildman–Crippen LogP) is 3.38. The minimum atomic E-state index is -0.726. The average Bonchev–Trinajstić information content (AvgIpc) is 2.35. The lowest BCUT2D eigenvalue weighted by Crippen LogP contribution is -2.35. The van der Waals surface area contributed by atoms with Crippen LogP contribution in [0, 0.1) is 11.6 Å². The van der Waals surface area contributed by atoms with Crippen molar-refractivity contribution in [3.8, 4) is 0 Å². The molecule has 0 aliphatic rings. The van der Waals surface area contributed by atoms with Gasteiger partial charge in [0.05, 0.1) is 0 Å². The zero-order valence-corrected chi connectivity index (χ0v) is 10.2. The molecule has 0 spiro atoms. The van der Waals surface area contributed by atoms with Gasteiger partial charge in [0.25, 0.3) is 0 Å². The summed E-state index contributed by atoms with van der Waals surface area (Å²) in [7, 11) is 0. The standard InChI is InChI=1S/C15H15F2N/c1-15(18,12-5-3-2-4-6-12)10-11-9-13(16)7-8-14(11)17/h2-9H,10,18H2,1H3. The third kappa shape index (κ3) is 2.74. The number of benzene rings is 2. The summed E-state index contributed by atoms with van der Waals surface area (Å²) in [6.07, 6.45) is 0.251. The van der Waals surface area contributed by atoms with E-state index in [0.717, 1.165) is 17.7 Å². The van der Waals surface area contributed by atoms with Crippen molar-refractivity contribution in [3.05, 3.63) is 71.3 Å². The van der Waals surface area contributed by atoms with Crippen LogP contribution in [-0.4, -0.2) is 0 Å². The third-order valence-electron chi connectivity index (χ3n) is 3.00. The van der Waals surface area contributed by atoms with E-state index >= 15 is 0 Å². The van der Waals surface area contributed by atoms with Gasteiger partial charge in [-0.3, -0.25) is 0 Å². The molecule has 3 heteroatoms. The normalized spacial score (nSPS) is 14.2. The van der Waals surface area contributed by atoms with Crippen molar-refractivity contribution in [3.63, 3.8) is 0 Å². The second-order valence-electron chi connectivity index (χ2n) is 4.70. The van der Waals surface area contributed by atoms with E-state index < -0.39 is 17.2 Å². The van der Waals surface area contributed by atoms with Crippen LogP contribution in [-0.2, 0) is 12.0 Å². The van der Waals surface area contributed by atoms with Gasteiger partial charge in [0.1, 0.15) is 11.6 Å². The van der Waals surface area contributed by atoms with E-state index in [-0.39, 0.29) is 6.42 Å². The van der Waals surface area contributed by atoms with Crippen LogP contribution in [0.2, 0.25) is 0 Å². The maximum Gasteiger partial charge on any atom is 0.126 e. The summed E-state index contributed by atoms with van der Waals surface area (Å²) >= 11 is 0. The van der Waals surface area contributed by atoms with Crippen LogP contribution in [0.3, 0.4) is 0 Å². The van der Waals surface area contributed by atoms with Gasteiger partial charge in [-0.25, -0.2) is 8.78 Å². The van der Waals surface area contributed by atoms with Gasteiger partial charge in [-0.15, -0.1) is 0 Å². The van der Waals surface area contributed by atoms with Gasteiger partial charge in [-0.05, 0) is 42.7 Å². The van der Waals surface area contributed by atoms with Crippen LogP contribution in [0.5, 0.6) is 0 Å². The van der Waals surface area contributed by atoms with Crippen LogP contribution < -0.4 is 5.73 Å². The molecule has 0 heterocycles. The number of hydrogen-bond donors (Lipinski definition) is 1. The molecule has 2 N–H and O–H groups in total. The molecule has 0 fully saturated rings. The predicted molar refractivity (Wildman–Crippen MR) is 68.0 cm³/mol. The summed E-state index contributed by atoms with van der Waals surface area (Å²) in [5.74, 6) is -0.876. The van der Waals surface area contributed by atoms with Crippen molar-refractivity contribution >= 4 is 0 Å². The Morgan fingerprint density at radius 2 is 1.72 bits per heavy atom. The molecule has 2 aromatic rings. The fraction of sp³-hybridized carbons (Fsp3) is 0.200. The molecule has 0 saturated heterocycles. The SMILES string of the molecule is CC(N)(Cc1cc(F)ccc1F)c1ccccc1. The molecule has 0 bridgehead atoms. The average molecular weight is 247 g/mol. The lowest BCUT2D eigenvalue weighted by atomic mass is 9.86. The Labute approximate surface area is 105 Å². The number of halogens is 2. The molecule has 0 amide bonds. The zero-order chi connectivity index (χ0) is 13.2. The van der Waals surface area contributed by atoms with E-state index in [4.69, 9.17) is 5.73 Å². The minimum Gasteiger partial charge on any atom is -0.321 e. The summed E-state index contributed by atoms with van der Waals surface area (Å²) in [5.41, 5.74) is 6.67. The molecule has 1 atom stereocenters. The Morgan fingerprint density at radius 3 is 2.39 bits per heavy atom. The monoisotopic (exact) mass is 247 g/mol. The van der Waals surface area contributed by atoms with Crippen molar-refractivity contribution in [2.24, 2.45) is 5.73 Å². The summed E-state index contributed by atoms with van der Waals surface area (Å²) in [6, 6.07) is 12.9. The van der Waals surface area contributed by atoms with Gasteiger partial charge in [0.15, 0.2) is 0 Å². The Hall–Kier alpha value is -1.74. The van der Waals surface area contributed by atoms with Gasteiger partial charge in [-0.2, -0.15) is 0 Å². The van der Waals surface area contributed by atoms with Crippen LogP contribution in [0.4, 0.5) is 8.78 Å². The first-order valence-electron chi connectivity index (χ1n) is 5.77. The molecular formula is C15H15F2N. The summed E-state index contributed by atoms with van der Waals surface area (Å²) in [5, 5.41) is 0. The molecule has 2 rings (SSSR count). The zero-order valence-electron chi connectivity index (χ0n) is 10.2. The molecule has 18 heavy (non-hydrogen) atoms. The number of rotatable bonds is 3. The van der Waals surface area contributed by atoms with Crippen molar-refractivity contribution in [2.75, 3.05) is 0 Å². The van der Waals surface area contributed by atoms with E-state index in [2.05, 4.69) is 0 Å². The molecule has 0 saturated carbocycles. The first-order chi connectivity index (χ1) is 8.49. The van der Waals surface area contributed by atoms with Crippen LogP contribution in [0.25, 0.3) is 0 Å². The van der Waals surface area contributed by atoms with E-state index in [1.165, 1.54) is 6.07 Å². The van der Waals surface area contributed by atoms with Crippen molar-refractivity contribution in [1.29, 1.82) is 0 Å². The van der Waals surface area contributed by atoms with Gasteiger partial charge >= 0.3 is 0 Å². The fourth-order valence-electron chi connectivity index (χ4n) is 2.00. The second kappa shape index (κ2) is 4.86. The lowest BCUT2D eigenvalue weighted by molar-refractivity contribution is 0.472. The first kappa shape index (κ1) is 12.7. The van der Waals surface area contributed by atoms with Gasteiger partial charge in [0, 0.05) is 5.54 Å². The minimum absolute atomic E-state index is 0.251. The van der Waals surface area contributed by atoms with Crippen LogP contribution >= 0.6 is 0 Å². The Bertz CT molecular complexity index is 535. The Kier molecular flexibility index (Phi) is 3.43. The number of hydrogen-bond acceptors (Lipinski definition) is 1. The summed E-state index contributed by atoms with van der Waals surface area (Å²) < 4.78 is 26.7. The highest BCUT2D eigenvalue weighted by molar-refractivity contribution is 5.28. The van der Waals surface area contributed by atoms with Crippen molar-refractivity contribution in [2.45, 2.75) is 18.9 Å². The molecule has 0 radical (unpaired) electrons. The summed E-state index contributed by atoms with van der Waals surface area (Å²) in [6.45, 7) is 1.81. The highest BCUT2D eigenvalue weighted by atomic mass is 19.1. The second-order valence-corrected chi connectivity index (χ2v) is 4.70. The molecule has 2 aromatic carbocycles. The lowest BCUT2D eigenvalue weighted by Gasteiger charge is -2.25. The Morgan fingerprint density at radius 1 is 1.06 bits per heavy atom. The van der Waals surface area contributed by atoms with E-state index in [1.807, 2.05) is 37.3 Å². The highest BCUT2D eigenvalue weighted by Gasteiger charge is 2.23. The Balaban J connectivity index is 2.30. The molecule has 0 aliphatic heterocycles. The topological polar surface area (TPSA) is 26.0 Å². The molecule has 1 nitrogen and oxygen atoms in total. The molecule has 94 valence electrons. The first-order valence-corrected chi connectivity index (χ1v) is 5.77. The summed E-state index contributed by atoms with van der Waals surface area (Å²) in [4.78, 5) is 0. The van der Waals surface area contributed by atoms with Gasteiger partial charge in [-0.1, -0.05) is 30.3 Å². The van der Waals surface area contributed by atoms with E-state index in [0.29, 0.717) is 5.56 Å². The van der Waals surface area contributed by atoms with Crippen molar-refractivity contribution in [1.82, 2.24) is 0 Å². The maximum absolute atomic E-state index is 13.6.